The van der Waals surface area contributed by atoms with Gasteiger partial charge in [0.2, 0.25) is 9.47 Å². The Morgan fingerprint density at radius 1 is 1.60 bits per heavy atom. The molecule has 15 heavy (non-hydrogen) atoms. The zero-order valence-electron chi connectivity index (χ0n) is 8.57. The molecule has 0 bridgehead atoms. The second-order valence-corrected chi connectivity index (χ2v) is 4.30. The smallest absolute Gasteiger partial charge is 0.284 e. The lowest BCUT2D eigenvalue weighted by atomic mass is 10.4. The monoisotopic (exact) mass is 249 g/mol. The number of halogens is 1. The highest BCUT2D eigenvalue weighted by Crippen LogP contribution is 2.16. The van der Waals surface area contributed by atoms with Gasteiger partial charge in [0, 0.05) is 20.2 Å². The fourth-order valence-corrected chi connectivity index (χ4v) is 1.83. The van der Waals surface area contributed by atoms with Crippen LogP contribution in [-0.2, 0) is 4.74 Å². The summed E-state index contributed by atoms with van der Waals surface area (Å²) in [4.78, 5) is 13.5. The van der Waals surface area contributed by atoms with E-state index >= 15 is 0 Å². The molecule has 5 nitrogen and oxygen atoms in total. The highest BCUT2D eigenvalue weighted by atomic mass is 35.5. The van der Waals surface area contributed by atoms with E-state index in [9.17, 15) is 4.79 Å². The van der Waals surface area contributed by atoms with Crippen molar-refractivity contribution >= 4 is 28.8 Å². The van der Waals surface area contributed by atoms with Gasteiger partial charge < -0.3 is 9.64 Å². The van der Waals surface area contributed by atoms with Crippen LogP contribution in [0.1, 0.15) is 16.7 Å². The predicted molar refractivity (Wildman–Crippen MR) is 58.4 cm³/mol. The van der Waals surface area contributed by atoms with Gasteiger partial charge in [0.05, 0.1) is 6.61 Å². The molecule has 84 valence electrons. The highest BCUT2D eigenvalue weighted by molar-refractivity contribution is 7.17. The van der Waals surface area contributed by atoms with Crippen LogP contribution in [0, 0.1) is 0 Å². The fraction of sp³-hybridized carbons (Fsp3) is 0.625. The minimum atomic E-state index is -0.154. The first-order chi connectivity index (χ1) is 7.19. The minimum Gasteiger partial charge on any atom is -0.383 e. The van der Waals surface area contributed by atoms with Gasteiger partial charge in [-0.3, -0.25) is 4.79 Å². The average Bonchev–Trinajstić information content (AvgIpc) is 2.65. The molecule has 0 aliphatic rings. The Morgan fingerprint density at radius 3 is 2.80 bits per heavy atom. The molecule has 0 atom stereocenters. The van der Waals surface area contributed by atoms with Crippen LogP contribution < -0.4 is 0 Å². The molecule has 0 unspecified atom stereocenters. The third-order valence-corrected chi connectivity index (χ3v) is 2.82. The average molecular weight is 250 g/mol. The van der Waals surface area contributed by atoms with E-state index in [0.29, 0.717) is 24.7 Å². The molecule has 0 spiro atoms. The summed E-state index contributed by atoms with van der Waals surface area (Å²) in [5.74, 6) is -0.154. The van der Waals surface area contributed by atoms with Crippen molar-refractivity contribution in [3.63, 3.8) is 0 Å². The molecule has 0 saturated heterocycles. The van der Waals surface area contributed by atoms with Crippen molar-refractivity contribution in [2.24, 2.45) is 0 Å². The number of amides is 1. The highest BCUT2D eigenvalue weighted by Gasteiger charge is 2.18. The largest absolute Gasteiger partial charge is 0.383 e. The maximum Gasteiger partial charge on any atom is 0.284 e. The van der Waals surface area contributed by atoms with Crippen molar-refractivity contribution < 1.29 is 9.53 Å². The van der Waals surface area contributed by atoms with Crippen molar-refractivity contribution in [3.8, 4) is 0 Å². The van der Waals surface area contributed by atoms with Gasteiger partial charge in [-0.2, -0.15) is 0 Å². The second-order valence-electron chi connectivity index (χ2n) is 2.74. The molecular formula is C8H12ClN3O2S. The molecule has 0 radical (unpaired) electrons. The van der Waals surface area contributed by atoms with E-state index in [-0.39, 0.29) is 10.4 Å². The zero-order chi connectivity index (χ0) is 11.3. The summed E-state index contributed by atoms with van der Waals surface area (Å²) in [5.41, 5.74) is 0. The molecule has 0 aliphatic carbocycles. The van der Waals surface area contributed by atoms with Crippen LogP contribution in [0.2, 0.25) is 4.47 Å². The molecule has 1 rings (SSSR count). The Kier molecular flexibility index (Phi) is 4.93. The lowest BCUT2D eigenvalue weighted by Gasteiger charge is -2.18. The van der Waals surface area contributed by atoms with Crippen LogP contribution in [0.3, 0.4) is 0 Å². The van der Waals surface area contributed by atoms with Crippen LogP contribution in [0.15, 0.2) is 0 Å². The van der Waals surface area contributed by atoms with E-state index in [4.69, 9.17) is 16.3 Å². The first-order valence-electron chi connectivity index (χ1n) is 4.46. The van der Waals surface area contributed by atoms with Gasteiger partial charge in [0.15, 0.2) is 0 Å². The summed E-state index contributed by atoms with van der Waals surface area (Å²) in [5, 5.41) is 7.60. The van der Waals surface area contributed by atoms with Gasteiger partial charge in [-0.05, 0) is 18.5 Å². The predicted octanol–water partition coefficient (Wildman–Crippen LogP) is 1.30. The number of carbonyl (C=O) groups is 1. The Bertz CT molecular complexity index is 331. The standard InChI is InChI=1S/C8H12ClN3O2S/c1-3-12(4-5-14-2)7(13)6-10-11-8(9)15-6/h3-5H2,1-2H3. The molecule has 1 aromatic heterocycles. The van der Waals surface area contributed by atoms with Crippen LogP contribution in [0.4, 0.5) is 0 Å². The van der Waals surface area contributed by atoms with Gasteiger partial charge >= 0.3 is 0 Å². The second kappa shape index (κ2) is 5.99. The maximum atomic E-state index is 11.8. The molecule has 1 heterocycles. The number of carbonyl (C=O) groups excluding carboxylic acids is 1. The molecule has 0 fully saturated rings. The number of rotatable bonds is 5. The molecule has 0 aliphatic heterocycles. The van der Waals surface area contributed by atoms with Gasteiger partial charge in [-0.1, -0.05) is 11.3 Å². The van der Waals surface area contributed by atoms with Crippen LogP contribution in [-0.4, -0.2) is 47.8 Å². The number of hydrogen-bond donors (Lipinski definition) is 0. The van der Waals surface area contributed by atoms with E-state index in [1.54, 1.807) is 12.0 Å². The van der Waals surface area contributed by atoms with Crippen molar-refractivity contribution in [3.05, 3.63) is 9.47 Å². The summed E-state index contributed by atoms with van der Waals surface area (Å²) >= 11 is 6.69. The number of nitrogens with zero attached hydrogens (tertiary/aromatic N) is 3. The topological polar surface area (TPSA) is 55.3 Å². The number of methoxy groups -OCH3 is 1. The molecule has 0 aromatic carbocycles. The third kappa shape index (κ3) is 3.40. The summed E-state index contributed by atoms with van der Waals surface area (Å²) < 4.78 is 5.19. The molecular weight excluding hydrogens is 238 g/mol. The van der Waals surface area contributed by atoms with E-state index in [0.717, 1.165) is 11.3 Å². The Hall–Kier alpha value is -0.720. The summed E-state index contributed by atoms with van der Waals surface area (Å²) in [6.07, 6.45) is 0. The normalized spacial score (nSPS) is 10.3. The Morgan fingerprint density at radius 2 is 2.33 bits per heavy atom. The van der Waals surface area contributed by atoms with Gasteiger partial charge in [0.1, 0.15) is 0 Å². The van der Waals surface area contributed by atoms with Gasteiger partial charge in [-0.15, -0.1) is 10.2 Å². The lowest BCUT2D eigenvalue weighted by Crippen LogP contribution is -2.33. The first-order valence-corrected chi connectivity index (χ1v) is 5.65. The van der Waals surface area contributed by atoms with Crippen LogP contribution >= 0.6 is 22.9 Å². The van der Waals surface area contributed by atoms with Crippen molar-refractivity contribution in [1.29, 1.82) is 0 Å². The minimum absolute atomic E-state index is 0.154. The molecule has 0 N–H and O–H groups in total. The fourth-order valence-electron chi connectivity index (χ4n) is 1.03. The van der Waals surface area contributed by atoms with Crippen LogP contribution in [0.5, 0.6) is 0 Å². The number of aromatic nitrogens is 2. The van der Waals surface area contributed by atoms with E-state index < -0.39 is 0 Å². The van der Waals surface area contributed by atoms with E-state index in [2.05, 4.69) is 10.2 Å². The van der Waals surface area contributed by atoms with Crippen molar-refractivity contribution in [2.45, 2.75) is 6.92 Å². The molecule has 7 heteroatoms. The van der Waals surface area contributed by atoms with Crippen molar-refractivity contribution in [2.75, 3.05) is 26.8 Å². The number of ether oxygens (including phenoxy) is 1. The Balaban J connectivity index is 2.64. The first kappa shape index (κ1) is 12.4. The SMILES string of the molecule is CCN(CCOC)C(=O)c1nnc(Cl)s1. The quantitative estimate of drug-likeness (QED) is 0.789. The number of hydrogen-bond acceptors (Lipinski definition) is 5. The Labute approximate surface area is 97.0 Å². The summed E-state index contributed by atoms with van der Waals surface area (Å²) in [7, 11) is 1.60. The third-order valence-electron chi connectivity index (χ3n) is 1.82. The van der Waals surface area contributed by atoms with Gasteiger partial charge in [0.25, 0.3) is 5.91 Å². The maximum absolute atomic E-state index is 11.8. The zero-order valence-corrected chi connectivity index (χ0v) is 10.1. The van der Waals surface area contributed by atoms with E-state index in [1.165, 1.54) is 0 Å². The number of likely N-dealkylation sites (N-methyl/N-ethyl adjacent to an activating group) is 1. The summed E-state index contributed by atoms with van der Waals surface area (Å²) in [6, 6.07) is 0. The molecule has 1 amide bonds. The van der Waals surface area contributed by atoms with Gasteiger partial charge in [-0.25, -0.2) is 0 Å². The van der Waals surface area contributed by atoms with Crippen molar-refractivity contribution in [1.82, 2.24) is 15.1 Å². The van der Waals surface area contributed by atoms with E-state index in [1.807, 2.05) is 6.92 Å². The molecule has 0 saturated carbocycles. The summed E-state index contributed by atoms with van der Waals surface area (Å²) in [6.45, 7) is 3.56. The van der Waals surface area contributed by atoms with Crippen LogP contribution in [0.25, 0.3) is 0 Å². The lowest BCUT2D eigenvalue weighted by molar-refractivity contribution is 0.0705. The molecule has 1 aromatic rings.